The molecule has 0 aliphatic heterocycles. The maximum absolute atomic E-state index is 12.2. The highest BCUT2D eigenvalue weighted by Gasteiger charge is 2.14. The maximum atomic E-state index is 12.2. The third-order valence-corrected chi connectivity index (χ3v) is 3.80. The van der Waals surface area contributed by atoms with E-state index in [2.05, 4.69) is 10.3 Å². The summed E-state index contributed by atoms with van der Waals surface area (Å²) in [5.41, 5.74) is 1.17. The van der Waals surface area contributed by atoms with Gasteiger partial charge in [-0.1, -0.05) is 12.1 Å². The number of ether oxygens (including phenoxy) is 1. The van der Waals surface area contributed by atoms with Crippen molar-refractivity contribution in [2.75, 3.05) is 46.4 Å². The number of carbonyl (C=O) groups is 1. The molecular weight excluding hydrogens is 316 g/mol. The standard InChI is InChI=1S/C19H32N4O2/c1-6-20-19(22(5)15-18(24)23(7-2)8-3)21-12-13-25-17-11-9-10-16(4)14-17/h9-11,14H,6-8,12-13,15H2,1-5H3,(H,20,21). The molecule has 0 saturated carbocycles. The minimum atomic E-state index is 0.106. The van der Waals surface area contributed by atoms with Crippen LogP contribution in [0.25, 0.3) is 0 Å². The van der Waals surface area contributed by atoms with Crippen molar-refractivity contribution in [3.63, 3.8) is 0 Å². The van der Waals surface area contributed by atoms with E-state index in [9.17, 15) is 4.79 Å². The predicted molar refractivity (Wildman–Crippen MR) is 103 cm³/mol. The Balaban J connectivity index is 2.55. The second-order valence-corrected chi connectivity index (χ2v) is 5.82. The van der Waals surface area contributed by atoms with E-state index in [4.69, 9.17) is 4.74 Å². The first kappa shape index (κ1) is 20.8. The first-order valence-electron chi connectivity index (χ1n) is 8.98. The van der Waals surface area contributed by atoms with Crippen LogP contribution >= 0.6 is 0 Å². The van der Waals surface area contributed by atoms with Gasteiger partial charge in [0.15, 0.2) is 5.96 Å². The third kappa shape index (κ3) is 7.45. The Bertz CT molecular complexity index is 556. The number of hydrogen-bond acceptors (Lipinski definition) is 3. The van der Waals surface area contributed by atoms with Crippen LogP contribution in [0.3, 0.4) is 0 Å². The summed E-state index contributed by atoms with van der Waals surface area (Å²) in [5, 5.41) is 3.22. The lowest BCUT2D eigenvalue weighted by Gasteiger charge is -2.25. The van der Waals surface area contributed by atoms with Crippen LogP contribution in [0.4, 0.5) is 0 Å². The monoisotopic (exact) mass is 348 g/mol. The molecule has 0 aliphatic rings. The minimum Gasteiger partial charge on any atom is -0.492 e. The molecule has 0 radical (unpaired) electrons. The fourth-order valence-corrected chi connectivity index (χ4v) is 2.44. The number of carbonyl (C=O) groups excluding carboxylic acids is 1. The van der Waals surface area contributed by atoms with Crippen LogP contribution in [0.5, 0.6) is 5.75 Å². The van der Waals surface area contributed by atoms with Gasteiger partial charge in [0.1, 0.15) is 12.4 Å². The molecule has 0 spiro atoms. The molecule has 1 rings (SSSR count). The van der Waals surface area contributed by atoms with Crippen LogP contribution in [0.2, 0.25) is 0 Å². The maximum Gasteiger partial charge on any atom is 0.242 e. The van der Waals surface area contributed by atoms with Gasteiger partial charge >= 0.3 is 0 Å². The van der Waals surface area contributed by atoms with Gasteiger partial charge in [0.25, 0.3) is 0 Å². The van der Waals surface area contributed by atoms with Crippen LogP contribution in [-0.4, -0.2) is 68.0 Å². The van der Waals surface area contributed by atoms with Crippen LogP contribution in [0.1, 0.15) is 26.3 Å². The molecule has 25 heavy (non-hydrogen) atoms. The largest absolute Gasteiger partial charge is 0.492 e. The lowest BCUT2D eigenvalue weighted by molar-refractivity contribution is -0.131. The van der Waals surface area contributed by atoms with Crippen molar-refractivity contribution in [1.82, 2.24) is 15.1 Å². The molecule has 0 aromatic heterocycles. The highest BCUT2D eigenvalue weighted by Crippen LogP contribution is 2.11. The number of rotatable bonds is 9. The van der Waals surface area contributed by atoms with Crippen molar-refractivity contribution in [2.45, 2.75) is 27.7 Å². The van der Waals surface area contributed by atoms with E-state index in [0.717, 1.165) is 31.3 Å². The summed E-state index contributed by atoms with van der Waals surface area (Å²) < 4.78 is 5.72. The summed E-state index contributed by atoms with van der Waals surface area (Å²) >= 11 is 0. The van der Waals surface area contributed by atoms with E-state index < -0.39 is 0 Å². The Morgan fingerprint density at radius 1 is 1.24 bits per heavy atom. The lowest BCUT2D eigenvalue weighted by atomic mass is 10.2. The predicted octanol–water partition coefficient (Wildman–Crippen LogP) is 2.14. The zero-order valence-corrected chi connectivity index (χ0v) is 16.2. The number of aryl methyl sites for hydroxylation is 1. The first-order valence-corrected chi connectivity index (χ1v) is 8.98. The number of nitrogens with zero attached hydrogens (tertiary/aromatic N) is 3. The summed E-state index contributed by atoms with van der Waals surface area (Å²) in [5.74, 6) is 1.68. The molecule has 6 nitrogen and oxygen atoms in total. The van der Waals surface area contributed by atoms with Gasteiger partial charge in [0.05, 0.1) is 13.1 Å². The highest BCUT2D eigenvalue weighted by molar-refractivity contribution is 5.86. The molecule has 0 atom stereocenters. The van der Waals surface area contributed by atoms with Crippen molar-refractivity contribution >= 4 is 11.9 Å². The zero-order valence-electron chi connectivity index (χ0n) is 16.2. The highest BCUT2D eigenvalue weighted by atomic mass is 16.5. The van der Waals surface area contributed by atoms with Crippen LogP contribution in [-0.2, 0) is 4.79 Å². The Kier molecular flexibility index (Phi) is 9.43. The van der Waals surface area contributed by atoms with E-state index in [1.54, 1.807) is 0 Å². The Morgan fingerprint density at radius 2 is 1.96 bits per heavy atom. The molecule has 1 aromatic rings. The van der Waals surface area contributed by atoms with Gasteiger partial charge in [-0.15, -0.1) is 0 Å². The van der Waals surface area contributed by atoms with Crippen LogP contribution in [0, 0.1) is 6.92 Å². The van der Waals surface area contributed by atoms with Gasteiger partial charge < -0.3 is 19.9 Å². The summed E-state index contributed by atoms with van der Waals surface area (Å²) in [7, 11) is 1.88. The fraction of sp³-hybridized carbons (Fsp3) is 0.579. The van der Waals surface area contributed by atoms with Crippen LogP contribution < -0.4 is 10.1 Å². The van der Waals surface area contributed by atoms with E-state index in [-0.39, 0.29) is 5.91 Å². The Hall–Kier alpha value is -2.24. The molecule has 0 fully saturated rings. The zero-order chi connectivity index (χ0) is 18.7. The average molecular weight is 348 g/mol. The number of aliphatic imine (C=N–C) groups is 1. The number of nitrogens with one attached hydrogen (secondary N) is 1. The number of benzene rings is 1. The van der Waals surface area contributed by atoms with Gasteiger partial charge in [-0.2, -0.15) is 0 Å². The quantitative estimate of drug-likeness (QED) is 0.422. The van der Waals surface area contributed by atoms with Crippen molar-refractivity contribution in [2.24, 2.45) is 4.99 Å². The van der Waals surface area contributed by atoms with Crippen LogP contribution in [0.15, 0.2) is 29.3 Å². The topological polar surface area (TPSA) is 57.2 Å². The van der Waals surface area contributed by atoms with Gasteiger partial charge in [-0.3, -0.25) is 4.79 Å². The smallest absolute Gasteiger partial charge is 0.242 e. The number of guanidine groups is 1. The molecule has 140 valence electrons. The van der Waals surface area contributed by atoms with Gasteiger partial charge in [-0.05, 0) is 45.4 Å². The molecule has 1 N–H and O–H groups in total. The van der Waals surface area contributed by atoms with Crippen molar-refractivity contribution in [3.8, 4) is 5.75 Å². The second-order valence-electron chi connectivity index (χ2n) is 5.82. The van der Waals surface area contributed by atoms with E-state index >= 15 is 0 Å². The minimum absolute atomic E-state index is 0.106. The van der Waals surface area contributed by atoms with Crippen molar-refractivity contribution < 1.29 is 9.53 Å². The SMILES string of the molecule is CCNC(=NCCOc1cccc(C)c1)N(C)CC(=O)N(CC)CC. The molecular formula is C19H32N4O2. The average Bonchev–Trinajstić information content (AvgIpc) is 2.58. The van der Waals surface area contributed by atoms with E-state index in [1.807, 2.05) is 68.8 Å². The Labute approximate surface area is 151 Å². The molecule has 0 bridgehead atoms. The molecule has 1 aromatic carbocycles. The Morgan fingerprint density at radius 3 is 2.56 bits per heavy atom. The van der Waals surface area contributed by atoms with E-state index in [0.29, 0.717) is 19.7 Å². The van der Waals surface area contributed by atoms with Crippen molar-refractivity contribution in [3.05, 3.63) is 29.8 Å². The number of amides is 1. The van der Waals surface area contributed by atoms with E-state index in [1.165, 1.54) is 5.56 Å². The third-order valence-electron chi connectivity index (χ3n) is 3.80. The summed E-state index contributed by atoms with van der Waals surface area (Å²) in [4.78, 5) is 20.5. The van der Waals surface area contributed by atoms with Crippen molar-refractivity contribution in [1.29, 1.82) is 0 Å². The fourth-order valence-electron chi connectivity index (χ4n) is 2.44. The summed E-state index contributed by atoms with van der Waals surface area (Å²) in [6.45, 7) is 11.6. The number of likely N-dealkylation sites (N-methyl/N-ethyl adjacent to an activating group) is 2. The summed E-state index contributed by atoms with van der Waals surface area (Å²) in [6, 6.07) is 7.96. The molecule has 0 heterocycles. The van der Waals surface area contributed by atoms with Gasteiger partial charge in [0.2, 0.25) is 5.91 Å². The number of hydrogen-bond donors (Lipinski definition) is 1. The molecule has 0 aliphatic carbocycles. The second kappa shape index (κ2) is 11.3. The molecule has 0 saturated heterocycles. The first-order chi connectivity index (χ1) is 12.0. The lowest BCUT2D eigenvalue weighted by Crippen LogP contribution is -2.45. The molecule has 0 unspecified atom stereocenters. The molecule has 1 amide bonds. The molecule has 6 heteroatoms. The summed E-state index contributed by atoms with van der Waals surface area (Å²) in [6.07, 6.45) is 0. The van der Waals surface area contributed by atoms with Gasteiger partial charge in [0, 0.05) is 26.7 Å². The van der Waals surface area contributed by atoms with Gasteiger partial charge in [-0.25, -0.2) is 4.99 Å². The normalized spacial score (nSPS) is 11.2.